The highest BCUT2D eigenvalue weighted by atomic mass is 32.2. The summed E-state index contributed by atoms with van der Waals surface area (Å²) in [5.41, 5.74) is 2.01. The Morgan fingerprint density at radius 2 is 1.84 bits per heavy atom. The molecule has 0 saturated heterocycles. The molecule has 2 N–H and O–H groups in total. The monoisotopic (exact) mass is 433 g/mol. The summed E-state index contributed by atoms with van der Waals surface area (Å²) in [6, 6.07) is 18.8. The summed E-state index contributed by atoms with van der Waals surface area (Å²) in [6.45, 7) is 0. The molecule has 156 valence electrons. The summed E-state index contributed by atoms with van der Waals surface area (Å²) in [4.78, 5) is 17.9. The zero-order valence-corrected chi connectivity index (χ0v) is 17.2. The number of amides is 1. The lowest BCUT2D eigenvalue weighted by Crippen LogP contribution is -2.25. The number of pyridine rings is 1. The van der Waals surface area contributed by atoms with Crippen LogP contribution in [0.25, 0.3) is 22.4 Å². The molecule has 0 unspecified atom stereocenters. The van der Waals surface area contributed by atoms with Gasteiger partial charge in [0, 0.05) is 17.1 Å². The third-order valence-corrected chi connectivity index (χ3v) is 6.55. The molecule has 0 aliphatic heterocycles. The van der Waals surface area contributed by atoms with Crippen LogP contribution in [0.4, 0.5) is 5.69 Å². The van der Waals surface area contributed by atoms with Gasteiger partial charge in [-0.25, -0.2) is 18.1 Å². The molecule has 0 atom stereocenters. The number of sulfonamides is 1. The molecular weight excluding hydrogens is 414 g/mol. The van der Waals surface area contributed by atoms with E-state index in [1.807, 2.05) is 24.3 Å². The summed E-state index contributed by atoms with van der Waals surface area (Å²) >= 11 is 0. The molecule has 2 aromatic heterocycles. The van der Waals surface area contributed by atoms with Gasteiger partial charge in [0.1, 0.15) is 5.69 Å². The van der Waals surface area contributed by atoms with Crippen LogP contribution >= 0.6 is 0 Å². The van der Waals surface area contributed by atoms with Crippen LogP contribution in [0.2, 0.25) is 0 Å². The molecule has 1 aliphatic rings. The van der Waals surface area contributed by atoms with Gasteiger partial charge in [-0.15, -0.1) is 0 Å². The van der Waals surface area contributed by atoms with Crippen molar-refractivity contribution in [2.75, 3.05) is 5.32 Å². The molecule has 2 aromatic carbocycles. The molecule has 1 saturated carbocycles. The number of hydrogen-bond acceptors (Lipinski definition) is 5. The largest absolute Gasteiger partial charge is 0.463 e. The molecule has 31 heavy (non-hydrogen) atoms. The number of anilines is 1. The van der Waals surface area contributed by atoms with Crippen molar-refractivity contribution in [3.8, 4) is 11.5 Å². The number of carbonyl (C=O) groups is 1. The van der Waals surface area contributed by atoms with Crippen molar-refractivity contribution in [3.05, 3.63) is 78.6 Å². The Morgan fingerprint density at radius 1 is 1.00 bits per heavy atom. The van der Waals surface area contributed by atoms with Gasteiger partial charge in [-0.1, -0.05) is 24.3 Å². The fourth-order valence-electron chi connectivity index (χ4n) is 3.34. The highest BCUT2D eigenvalue weighted by Crippen LogP contribution is 2.27. The fourth-order valence-corrected chi connectivity index (χ4v) is 4.69. The second kappa shape index (κ2) is 7.64. The molecule has 4 aromatic rings. The van der Waals surface area contributed by atoms with E-state index < -0.39 is 10.0 Å². The maximum absolute atomic E-state index is 13.2. The topological polar surface area (TPSA) is 101 Å². The van der Waals surface area contributed by atoms with Gasteiger partial charge in [-0.2, -0.15) is 0 Å². The third-order valence-electron chi connectivity index (χ3n) is 5.04. The highest BCUT2D eigenvalue weighted by Gasteiger charge is 2.28. The van der Waals surface area contributed by atoms with Gasteiger partial charge >= 0.3 is 0 Å². The molecule has 1 amide bonds. The van der Waals surface area contributed by atoms with E-state index in [1.165, 1.54) is 12.1 Å². The van der Waals surface area contributed by atoms with E-state index in [0.717, 1.165) is 12.8 Å². The Hall–Kier alpha value is -3.49. The Morgan fingerprint density at radius 3 is 2.61 bits per heavy atom. The molecule has 0 bridgehead atoms. The number of nitrogens with one attached hydrogen (secondary N) is 2. The maximum atomic E-state index is 13.2. The van der Waals surface area contributed by atoms with Gasteiger partial charge in [-0.3, -0.25) is 4.79 Å². The van der Waals surface area contributed by atoms with E-state index >= 15 is 0 Å². The van der Waals surface area contributed by atoms with Gasteiger partial charge in [0.2, 0.25) is 10.0 Å². The zero-order chi connectivity index (χ0) is 21.4. The van der Waals surface area contributed by atoms with E-state index in [4.69, 9.17) is 4.42 Å². The summed E-state index contributed by atoms with van der Waals surface area (Å²) in [7, 11) is -3.61. The van der Waals surface area contributed by atoms with Gasteiger partial charge in [0.05, 0.1) is 22.2 Å². The Balaban J connectivity index is 1.49. The molecule has 5 rings (SSSR count). The summed E-state index contributed by atoms with van der Waals surface area (Å²) in [6.07, 6.45) is 3.25. The van der Waals surface area contributed by atoms with Crippen LogP contribution in [0.3, 0.4) is 0 Å². The van der Waals surface area contributed by atoms with Crippen molar-refractivity contribution >= 4 is 32.5 Å². The van der Waals surface area contributed by atoms with E-state index in [-0.39, 0.29) is 16.8 Å². The van der Waals surface area contributed by atoms with Crippen LogP contribution in [0.1, 0.15) is 23.2 Å². The highest BCUT2D eigenvalue weighted by molar-refractivity contribution is 7.89. The van der Waals surface area contributed by atoms with E-state index in [0.29, 0.717) is 33.6 Å². The maximum Gasteiger partial charge on any atom is 0.256 e. The number of carbonyl (C=O) groups excluding carboxylic acids is 1. The number of hydrogen-bond donors (Lipinski definition) is 2. The lowest BCUT2D eigenvalue weighted by Gasteiger charge is -2.11. The minimum atomic E-state index is -3.61. The quantitative estimate of drug-likeness (QED) is 0.475. The van der Waals surface area contributed by atoms with Crippen molar-refractivity contribution < 1.29 is 17.6 Å². The van der Waals surface area contributed by atoms with Crippen LogP contribution in [0.5, 0.6) is 0 Å². The first-order chi connectivity index (χ1) is 15.0. The van der Waals surface area contributed by atoms with Crippen LogP contribution in [0, 0.1) is 0 Å². The third kappa shape index (κ3) is 4.08. The molecule has 1 aliphatic carbocycles. The summed E-state index contributed by atoms with van der Waals surface area (Å²) in [5.74, 6) is 0.190. The number of rotatable bonds is 6. The normalized spacial score (nSPS) is 13.9. The van der Waals surface area contributed by atoms with Crippen molar-refractivity contribution in [2.45, 2.75) is 23.8 Å². The minimum absolute atomic E-state index is 0.00597. The van der Waals surface area contributed by atoms with Gasteiger partial charge in [-0.05, 0) is 55.3 Å². The SMILES string of the molecule is O=C(Nc1cccc(S(=O)(=O)NC2CC2)c1)c1cc(-c2ccco2)nc2ccccc12. The predicted octanol–water partition coefficient (Wildman–Crippen LogP) is 4.19. The Kier molecular flexibility index (Phi) is 4.80. The van der Waals surface area contributed by atoms with Gasteiger partial charge in [0.25, 0.3) is 5.91 Å². The number of para-hydroxylation sites is 1. The first-order valence-electron chi connectivity index (χ1n) is 9.87. The number of aromatic nitrogens is 1. The first kappa shape index (κ1) is 19.5. The molecule has 7 nitrogen and oxygen atoms in total. The number of benzene rings is 2. The minimum Gasteiger partial charge on any atom is -0.463 e. The molecule has 8 heteroatoms. The smallest absolute Gasteiger partial charge is 0.256 e. The van der Waals surface area contributed by atoms with E-state index in [2.05, 4.69) is 15.0 Å². The van der Waals surface area contributed by atoms with Crippen molar-refractivity contribution in [3.63, 3.8) is 0 Å². The van der Waals surface area contributed by atoms with Crippen LogP contribution in [-0.2, 0) is 10.0 Å². The molecule has 0 spiro atoms. The van der Waals surface area contributed by atoms with E-state index in [9.17, 15) is 13.2 Å². The van der Waals surface area contributed by atoms with Gasteiger partial charge < -0.3 is 9.73 Å². The summed E-state index contributed by atoms with van der Waals surface area (Å²) < 4.78 is 33.1. The molecular formula is C23H19N3O4S. The van der Waals surface area contributed by atoms with Crippen molar-refractivity contribution in [2.24, 2.45) is 0 Å². The van der Waals surface area contributed by atoms with Crippen molar-refractivity contribution in [1.29, 1.82) is 0 Å². The van der Waals surface area contributed by atoms with Crippen LogP contribution < -0.4 is 10.0 Å². The van der Waals surface area contributed by atoms with E-state index in [1.54, 1.807) is 36.6 Å². The molecule has 0 radical (unpaired) electrons. The lowest BCUT2D eigenvalue weighted by atomic mass is 10.1. The predicted molar refractivity (Wildman–Crippen MR) is 117 cm³/mol. The number of fused-ring (bicyclic) bond motifs is 1. The number of nitrogens with zero attached hydrogens (tertiary/aromatic N) is 1. The zero-order valence-electron chi connectivity index (χ0n) is 16.4. The average molecular weight is 433 g/mol. The molecule has 1 fully saturated rings. The second-order valence-corrected chi connectivity index (χ2v) is 9.14. The summed E-state index contributed by atoms with van der Waals surface area (Å²) in [5, 5.41) is 3.50. The first-order valence-corrected chi connectivity index (χ1v) is 11.4. The lowest BCUT2D eigenvalue weighted by molar-refractivity contribution is 0.102. The Labute approximate surface area is 179 Å². The second-order valence-electron chi connectivity index (χ2n) is 7.43. The van der Waals surface area contributed by atoms with Crippen LogP contribution in [-0.4, -0.2) is 25.4 Å². The Bertz CT molecular complexity index is 1380. The molecule has 2 heterocycles. The fraction of sp³-hybridized carbons (Fsp3) is 0.130. The number of furan rings is 1. The van der Waals surface area contributed by atoms with Gasteiger partial charge in [0.15, 0.2) is 5.76 Å². The van der Waals surface area contributed by atoms with Crippen LogP contribution in [0.15, 0.2) is 82.3 Å². The average Bonchev–Trinajstić information content (AvgIpc) is 3.39. The standard InChI is InChI=1S/C23H19N3O4S/c27-23(24-16-5-3-6-17(13-16)31(28,29)26-15-10-11-15)19-14-21(22-9-4-12-30-22)25-20-8-2-1-7-18(19)20/h1-9,12-15,26H,10-11H2,(H,24,27). The van der Waals surface area contributed by atoms with Crippen molar-refractivity contribution in [1.82, 2.24) is 9.71 Å².